The number of carbonyl (C=O) groups excluding carboxylic acids is 2. The third-order valence-electron chi connectivity index (χ3n) is 5.02. The minimum Gasteiger partial charge on any atom is -0.483 e. The monoisotopic (exact) mass is 374 g/mol. The molecule has 0 aromatic heterocycles. The third-order valence-corrected chi connectivity index (χ3v) is 5.02. The van der Waals surface area contributed by atoms with Crippen molar-refractivity contribution in [2.75, 3.05) is 19.7 Å². The molecule has 1 fully saturated rings. The minimum atomic E-state index is -0.178. The molecular weight excluding hydrogens is 340 g/mol. The van der Waals surface area contributed by atoms with Gasteiger partial charge in [-0.3, -0.25) is 9.59 Å². The molecule has 0 unspecified atom stereocenters. The molecule has 2 N–H and O–H groups in total. The van der Waals surface area contributed by atoms with Crippen LogP contribution in [0.25, 0.3) is 0 Å². The predicted octanol–water partition coefficient (Wildman–Crippen LogP) is 3.48. The van der Waals surface area contributed by atoms with Crippen LogP contribution >= 0.6 is 0 Å². The van der Waals surface area contributed by atoms with Crippen LogP contribution in [0.4, 0.5) is 0 Å². The summed E-state index contributed by atoms with van der Waals surface area (Å²) in [6, 6.07) is 6.02. The molecule has 2 rings (SSSR count). The SMILES string of the molecule is Cc1ccc(OCC(=O)NCCNC(=O)C2CCCCC2)c(C(C)(C)C)c1. The zero-order valence-electron chi connectivity index (χ0n) is 17.2. The quantitative estimate of drug-likeness (QED) is 0.718. The smallest absolute Gasteiger partial charge is 0.258 e. The fraction of sp³-hybridized carbons (Fsp3) is 0.636. The second-order valence-corrected chi connectivity index (χ2v) is 8.51. The molecule has 5 heteroatoms. The van der Waals surface area contributed by atoms with Gasteiger partial charge in [0, 0.05) is 19.0 Å². The average molecular weight is 375 g/mol. The van der Waals surface area contributed by atoms with Crippen LogP contribution in [-0.2, 0) is 15.0 Å². The first-order chi connectivity index (χ1) is 12.8. The van der Waals surface area contributed by atoms with Crippen molar-refractivity contribution >= 4 is 11.8 Å². The van der Waals surface area contributed by atoms with Crippen LogP contribution in [0.15, 0.2) is 18.2 Å². The Labute approximate surface area is 163 Å². The number of rotatable bonds is 7. The second kappa shape index (κ2) is 9.77. The fourth-order valence-corrected chi connectivity index (χ4v) is 3.45. The lowest BCUT2D eigenvalue weighted by atomic mass is 9.85. The van der Waals surface area contributed by atoms with E-state index in [2.05, 4.69) is 37.5 Å². The molecule has 1 aromatic carbocycles. The van der Waals surface area contributed by atoms with E-state index in [0.717, 1.165) is 37.0 Å². The normalized spacial score (nSPS) is 15.3. The van der Waals surface area contributed by atoms with E-state index in [1.807, 2.05) is 19.1 Å². The van der Waals surface area contributed by atoms with Crippen molar-refractivity contribution in [2.24, 2.45) is 5.92 Å². The molecule has 0 spiro atoms. The highest BCUT2D eigenvalue weighted by Gasteiger charge is 2.21. The minimum absolute atomic E-state index is 0.0251. The number of aryl methyl sites for hydroxylation is 1. The van der Waals surface area contributed by atoms with Crippen LogP contribution in [0.2, 0.25) is 0 Å². The molecule has 150 valence electrons. The van der Waals surface area contributed by atoms with Crippen molar-refractivity contribution in [3.8, 4) is 5.75 Å². The van der Waals surface area contributed by atoms with Gasteiger partial charge in [0.1, 0.15) is 5.75 Å². The zero-order chi connectivity index (χ0) is 19.9. The van der Waals surface area contributed by atoms with E-state index in [9.17, 15) is 9.59 Å². The van der Waals surface area contributed by atoms with E-state index in [4.69, 9.17) is 4.74 Å². The molecule has 1 aliphatic carbocycles. The predicted molar refractivity (Wildman–Crippen MR) is 108 cm³/mol. The highest BCUT2D eigenvalue weighted by molar-refractivity contribution is 5.79. The summed E-state index contributed by atoms with van der Waals surface area (Å²) in [6.07, 6.45) is 5.48. The molecule has 0 aliphatic heterocycles. The Kier molecular flexibility index (Phi) is 7.69. The van der Waals surface area contributed by atoms with E-state index in [1.165, 1.54) is 12.0 Å². The lowest BCUT2D eigenvalue weighted by Gasteiger charge is -2.23. The number of nitrogens with one attached hydrogen (secondary N) is 2. The summed E-state index contributed by atoms with van der Waals surface area (Å²) in [6.45, 7) is 9.28. The lowest BCUT2D eigenvalue weighted by Crippen LogP contribution is -2.39. The van der Waals surface area contributed by atoms with Gasteiger partial charge in [-0.1, -0.05) is 57.7 Å². The fourth-order valence-electron chi connectivity index (χ4n) is 3.45. The molecule has 0 heterocycles. The topological polar surface area (TPSA) is 67.4 Å². The first-order valence-corrected chi connectivity index (χ1v) is 10.1. The van der Waals surface area contributed by atoms with Crippen LogP contribution in [-0.4, -0.2) is 31.5 Å². The van der Waals surface area contributed by atoms with Gasteiger partial charge < -0.3 is 15.4 Å². The first kappa shape index (κ1) is 21.3. The average Bonchev–Trinajstić information content (AvgIpc) is 2.64. The molecule has 0 radical (unpaired) electrons. The molecule has 1 saturated carbocycles. The lowest BCUT2D eigenvalue weighted by molar-refractivity contribution is -0.126. The highest BCUT2D eigenvalue weighted by Crippen LogP contribution is 2.32. The summed E-state index contributed by atoms with van der Waals surface area (Å²) < 4.78 is 5.75. The number of amides is 2. The Morgan fingerprint density at radius 1 is 1.07 bits per heavy atom. The van der Waals surface area contributed by atoms with Crippen molar-refractivity contribution < 1.29 is 14.3 Å². The van der Waals surface area contributed by atoms with Crippen molar-refractivity contribution in [3.63, 3.8) is 0 Å². The maximum absolute atomic E-state index is 12.1. The summed E-state index contributed by atoms with van der Waals surface area (Å²) in [7, 11) is 0. The maximum atomic E-state index is 12.1. The van der Waals surface area contributed by atoms with Crippen LogP contribution < -0.4 is 15.4 Å². The van der Waals surface area contributed by atoms with Gasteiger partial charge in [0.2, 0.25) is 5.91 Å². The largest absolute Gasteiger partial charge is 0.483 e. The van der Waals surface area contributed by atoms with Gasteiger partial charge in [0.25, 0.3) is 5.91 Å². The van der Waals surface area contributed by atoms with Crippen molar-refractivity contribution in [1.29, 1.82) is 0 Å². The van der Waals surface area contributed by atoms with E-state index in [0.29, 0.717) is 13.1 Å². The Bertz CT molecular complexity index is 643. The highest BCUT2D eigenvalue weighted by atomic mass is 16.5. The van der Waals surface area contributed by atoms with E-state index >= 15 is 0 Å². The van der Waals surface area contributed by atoms with E-state index in [-0.39, 0.29) is 29.8 Å². The molecule has 2 amide bonds. The number of ether oxygens (including phenoxy) is 1. The van der Waals surface area contributed by atoms with Gasteiger partial charge in [-0.2, -0.15) is 0 Å². The van der Waals surface area contributed by atoms with E-state index < -0.39 is 0 Å². The van der Waals surface area contributed by atoms with Crippen LogP contribution in [0.5, 0.6) is 5.75 Å². The Morgan fingerprint density at radius 3 is 2.41 bits per heavy atom. The molecule has 0 bridgehead atoms. The summed E-state index contributed by atoms with van der Waals surface area (Å²) in [4.78, 5) is 24.1. The summed E-state index contributed by atoms with van der Waals surface area (Å²) in [5.74, 6) is 0.834. The first-order valence-electron chi connectivity index (χ1n) is 10.1. The number of benzene rings is 1. The molecule has 5 nitrogen and oxygen atoms in total. The van der Waals surface area contributed by atoms with Crippen molar-refractivity contribution in [1.82, 2.24) is 10.6 Å². The molecule has 1 aliphatic rings. The van der Waals surface area contributed by atoms with Gasteiger partial charge in [-0.15, -0.1) is 0 Å². The Balaban J connectivity index is 1.71. The molecule has 0 atom stereocenters. The molecular formula is C22H34N2O3. The maximum Gasteiger partial charge on any atom is 0.258 e. The van der Waals surface area contributed by atoms with Crippen molar-refractivity contribution in [2.45, 2.75) is 65.2 Å². The van der Waals surface area contributed by atoms with Crippen LogP contribution in [0.1, 0.15) is 64.0 Å². The number of hydrogen-bond acceptors (Lipinski definition) is 3. The van der Waals surface area contributed by atoms with Crippen LogP contribution in [0.3, 0.4) is 0 Å². The van der Waals surface area contributed by atoms with Gasteiger partial charge in [-0.25, -0.2) is 0 Å². The molecule has 27 heavy (non-hydrogen) atoms. The summed E-state index contributed by atoms with van der Waals surface area (Å²) >= 11 is 0. The Hall–Kier alpha value is -2.04. The van der Waals surface area contributed by atoms with E-state index in [1.54, 1.807) is 0 Å². The van der Waals surface area contributed by atoms with Gasteiger partial charge in [0.15, 0.2) is 6.61 Å². The zero-order valence-corrected chi connectivity index (χ0v) is 17.2. The van der Waals surface area contributed by atoms with Crippen LogP contribution in [0, 0.1) is 12.8 Å². The number of hydrogen-bond donors (Lipinski definition) is 2. The number of carbonyl (C=O) groups is 2. The second-order valence-electron chi connectivity index (χ2n) is 8.51. The Morgan fingerprint density at radius 2 is 1.74 bits per heavy atom. The van der Waals surface area contributed by atoms with Gasteiger partial charge in [-0.05, 0) is 36.8 Å². The molecule has 1 aromatic rings. The summed E-state index contributed by atoms with van der Waals surface area (Å²) in [5, 5.41) is 5.72. The van der Waals surface area contributed by atoms with Gasteiger partial charge >= 0.3 is 0 Å². The van der Waals surface area contributed by atoms with Crippen molar-refractivity contribution in [3.05, 3.63) is 29.3 Å². The third kappa shape index (κ3) is 6.89. The van der Waals surface area contributed by atoms with Gasteiger partial charge in [0.05, 0.1) is 0 Å². The molecule has 0 saturated heterocycles. The summed E-state index contributed by atoms with van der Waals surface area (Å²) in [5.41, 5.74) is 2.21. The standard InChI is InChI=1S/C22H34N2O3/c1-16-10-11-19(18(14-16)22(2,3)4)27-15-20(25)23-12-13-24-21(26)17-8-6-5-7-9-17/h10-11,14,17H,5-9,12-13,15H2,1-4H3,(H,23,25)(H,24,26).